The molecule has 0 atom stereocenters. The summed E-state index contributed by atoms with van der Waals surface area (Å²) in [5.74, 6) is 0.553. The normalized spacial score (nSPS) is 14.2. The highest BCUT2D eigenvalue weighted by Crippen LogP contribution is 2.21. The van der Waals surface area contributed by atoms with Gasteiger partial charge in [0.1, 0.15) is 5.75 Å². The van der Waals surface area contributed by atoms with Crippen molar-refractivity contribution >= 4 is 11.6 Å². The lowest BCUT2D eigenvalue weighted by atomic mass is 10.1. The van der Waals surface area contributed by atoms with Gasteiger partial charge >= 0.3 is 0 Å². The van der Waals surface area contributed by atoms with E-state index in [2.05, 4.69) is 29.2 Å². The maximum Gasteiger partial charge on any atom is 0.257 e. The first-order valence-corrected chi connectivity index (χ1v) is 8.49. The Morgan fingerprint density at radius 1 is 1.12 bits per heavy atom. The smallest absolute Gasteiger partial charge is 0.257 e. The van der Waals surface area contributed by atoms with Crippen molar-refractivity contribution in [2.45, 2.75) is 6.54 Å². The van der Waals surface area contributed by atoms with Crippen LogP contribution in [0.3, 0.4) is 0 Å². The molecule has 132 valence electrons. The topological polar surface area (TPSA) is 42.0 Å². The quantitative estimate of drug-likeness (QED) is 0.839. The molecule has 0 spiro atoms. The van der Waals surface area contributed by atoms with E-state index in [9.17, 15) is 4.79 Å². The molecule has 0 aromatic heterocycles. The lowest BCUT2D eigenvalue weighted by molar-refractivity contribution is 0.0781. The van der Waals surface area contributed by atoms with Crippen LogP contribution in [0.15, 0.2) is 48.5 Å². The van der Waals surface area contributed by atoms with Gasteiger partial charge in [0, 0.05) is 32.4 Å². The fourth-order valence-electron chi connectivity index (χ4n) is 3.01. The summed E-state index contributed by atoms with van der Waals surface area (Å²) in [6, 6.07) is 15.7. The number of rotatable bonds is 5. The third kappa shape index (κ3) is 4.12. The number of hydrogen-bond donors (Lipinski definition) is 0. The highest BCUT2D eigenvalue weighted by atomic mass is 16.5. The largest absolute Gasteiger partial charge is 0.496 e. The first-order chi connectivity index (χ1) is 12.2. The van der Waals surface area contributed by atoms with Crippen molar-refractivity contribution in [1.29, 1.82) is 0 Å². The molecule has 1 amide bonds. The molecule has 0 N–H and O–H groups in total. The fraction of sp³-hybridized carbons (Fsp3) is 0.350. The Labute approximate surface area is 148 Å². The molecule has 1 aliphatic heterocycles. The molecule has 0 radical (unpaired) electrons. The van der Waals surface area contributed by atoms with Crippen LogP contribution < -0.4 is 9.64 Å². The summed E-state index contributed by atoms with van der Waals surface area (Å²) in [7, 11) is 3.39. The predicted molar refractivity (Wildman–Crippen MR) is 98.3 cm³/mol. The zero-order chi connectivity index (χ0) is 17.6. The van der Waals surface area contributed by atoms with Gasteiger partial charge in [-0.2, -0.15) is 0 Å². The SMILES string of the molecule is COc1ccccc1C(=O)N(C)Cc1ccc(N2CCOCC2)cc1. The minimum absolute atomic E-state index is 0.0466. The third-order valence-electron chi connectivity index (χ3n) is 4.42. The van der Waals surface area contributed by atoms with E-state index in [1.165, 1.54) is 5.69 Å². The second kappa shape index (κ2) is 8.03. The predicted octanol–water partition coefficient (Wildman–Crippen LogP) is 2.80. The van der Waals surface area contributed by atoms with E-state index in [1.54, 1.807) is 24.1 Å². The first kappa shape index (κ1) is 17.3. The van der Waals surface area contributed by atoms with Crippen molar-refractivity contribution in [2.75, 3.05) is 45.4 Å². The molecule has 0 unspecified atom stereocenters. The van der Waals surface area contributed by atoms with Crippen LogP contribution >= 0.6 is 0 Å². The van der Waals surface area contributed by atoms with E-state index < -0.39 is 0 Å². The molecule has 1 aliphatic rings. The monoisotopic (exact) mass is 340 g/mol. The molecule has 25 heavy (non-hydrogen) atoms. The zero-order valence-corrected chi connectivity index (χ0v) is 14.8. The van der Waals surface area contributed by atoms with Gasteiger partial charge in [0.15, 0.2) is 0 Å². The summed E-state index contributed by atoms with van der Waals surface area (Å²) in [5, 5.41) is 0. The summed E-state index contributed by atoms with van der Waals surface area (Å²) in [5.41, 5.74) is 2.88. The molecule has 2 aromatic rings. The van der Waals surface area contributed by atoms with Crippen molar-refractivity contribution in [3.8, 4) is 5.75 Å². The van der Waals surface area contributed by atoms with Crippen molar-refractivity contribution in [3.05, 3.63) is 59.7 Å². The number of morpholine rings is 1. The van der Waals surface area contributed by atoms with Gasteiger partial charge in [-0.3, -0.25) is 4.79 Å². The Hall–Kier alpha value is -2.53. The lowest BCUT2D eigenvalue weighted by Crippen LogP contribution is -2.36. The highest BCUT2D eigenvalue weighted by Gasteiger charge is 2.16. The molecule has 1 fully saturated rings. The van der Waals surface area contributed by atoms with Gasteiger partial charge in [0.25, 0.3) is 5.91 Å². The van der Waals surface area contributed by atoms with Gasteiger partial charge in [0.05, 0.1) is 25.9 Å². The Morgan fingerprint density at radius 2 is 1.80 bits per heavy atom. The summed E-state index contributed by atoms with van der Waals surface area (Å²) in [4.78, 5) is 16.7. The molecule has 0 aliphatic carbocycles. The van der Waals surface area contributed by atoms with Crippen molar-refractivity contribution < 1.29 is 14.3 Å². The van der Waals surface area contributed by atoms with Crippen LogP contribution in [-0.4, -0.2) is 51.3 Å². The Kier molecular flexibility index (Phi) is 5.56. The van der Waals surface area contributed by atoms with Gasteiger partial charge < -0.3 is 19.3 Å². The maximum atomic E-state index is 12.7. The molecule has 3 rings (SSSR count). The molecular weight excluding hydrogens is 316 g/mol. The number of para-hydroxylation sites is 1. The minimum Gasteiger partial charge on any atom is -0.496 e. The van der Waals surface area contributed by atoms with Crippen molar-refractivity contribution in [1.82, 2.24) is 4.90 Å². The maximum absolute atomic E-state index is 12.7. The average molecular weight is 340 g/mol. The van der Waals surface area contributed by atoms with Crippen LogP contribution in [0.2, 0.25) is 0 Å². The number of ether oxygens (including phenoxy) is 2. The first-order valence-electron chi connectivity index (χ1n) is 8.49. The Morgan fingerprint density at radius 3 is 2.48 bits per heavy atom. The van der Waals surface area contributed by atoms with Crippen LogP contribution in [0, 0.1) is 0 Å². The average Bonchev–Trinajstić information content (AvgIpc) is 2.68. The molecule has 5 nitrogen and oxygen atoms in total. The minimum atomic E-state index is -0.0466. The van der Waals surface area contributed by atoms with E-state index in [0.29, 0.717) is 17.9 Å². The van der Waals surface area contributed by atoms with Gasteiger partial charge in [-0.05, 0) is 29.8 Å². The number of carbonyl (C=O) groups excluding carboxylic acids is 1. The van der Waals surface area contributed by atoms with Crippen LogP contribution in [0.25, 0.3) is 0 Å². The molecular formula is C20H24N2O3. The van der Waals surface area contributed by atoms with E-state index in [1.807, 2.05) is 19.2 Å². The number of amides is 1. The molecule has 0 bridgehead atoms. The van der Waals surface area contributed by atoms with Crippen LogP contribution in [-0.2, 0) is 11.3 Å². The van der Waals surface area contributed by atoms with E-state index in [0.717, 1.165) is 31.9 Å². The number of methoxy groups -OCH3 is 1. The Balaban J connectivity index is 1.66. The Bertz CT molecular complexity index is 709. The lowest BCUT2D eigenvalue weighted by Gasteiger charge is -2.29. The van der Waals surface area contributed by atoms with Crippen LogP contribution in [0.5, 0.6) is 5.75 Å². The van der Waals surface area contributed by atoms with E-state index in [4.69, 9.17) is 9.47 Å². The van der Waals surface area contributed by atoms with Gasteiger partial charge in [-0.1, -0.05) is 24.3 Å². The van der Waals surface area contributed by atoms with E-state index in [-0.39, 0.29) is 5.91 Å². The number of hydrogen-bond acceptors (Lipinski definition) is 4. The second-order valence-electron chi connectivity index (χ2n) is 6.13. The van der Waals surface area contributed by atoms with E-state index >= 15 is 0 Å². The van der Waals surface area contributed by atoms with Crippen molar-refractivity contribution in [2.24, 2.45) is 0 Å². The summed E-state index contributed by atoms with van der Waals surface area (Å²) in [6.07, 6.45) is 0. The summed E-state index contributed by atoms with van der Waals surface area (Å²) in [6.45, 7) is 3.95. The molecule has 1 heterocycles. The van der Waals surface area contributed by atoms with Crippen molar-refractivity contribution in [3.63, 3.8) is 0 Å². The molecule has 5 heteroatoms. The van der Waals surface area contributed by atoms with Gasteiger partial charge in [-0.25, -0.2) is 0 Å². The summed E-state index contributed by atoms with van der Waals surface area (Å²) < 4.78 is 10.7. The van der Waals surface area contributed by atoms with Gasteiger partial charge in [-0.15, -0.1) is 0 Å². The number of carbonyl (C=O) groups is 1. The third-order valence-corrected chi connectivity index (χ3v) is 4.42. The van der Waals surface area contributed by atoms with Crippen LogP contribution in [0.4, 0.5) is 5.69 Å². The number of anilines is 1. The second-order valence-corrected chi connectivity index (χ2v) is 6.13. The number of benzene rings is 2. The standard InChI is InChI=1S/C20H24N2O3/c1-21(20(23)18-5-3-4-6-19(18)24-2)15-16-7-9-17(10-8-16)22-11-13-25-14-12-22/h3-10H,11-15H2,1-2H3. The highest BCUT2D eigenvalue weighted by molar-refractivity contribution is 5.96. The zero-order valence-electron chi connectivity index (χ0n) is 14.8. The fourth-order valence-corrected chi connectivity index (χ4v) is 3.01. The summed E-state index contributed by atoms with van der Waals surface area (Å²) >= 11 is 0. The molecule has 2 aromatic carbocycles. The van der Waals surface area contributed by atoms with Gasteiger partial charge in [0.2, 0.25) is 0 Å². The molecule has 1 saturated heterocycles. The van der Waals surface area contributed by atoms with Crippen LogP contribution in [0.1, 0.15) is 15.9 Å². The molecule has 0 saturated carbocycles. The number of nitrogens with zero attached hydrogens (tertiary/aromatic N) is 2.